The van der Waals surface area contributed by atoms with E-state index in [2.05, 4.69) is 59.4 Å². The zero-order valence-electron chi connectivity index (χ0n) is 20.2. The van der Waals surface area contributed by atoms with Crippen LogP contribution in [0.15, 0.2) is 11.4 Å². The second-order valence-corrected chi connectivity index (χ2v) is 10.7. The quantitative estimate of drug-likeness (QED) is 0.583. The van der Waals surface area contributed by atoms with Crippen molar-refractivity contribution in [3.8, 4) is 12.1 Å². The van der Waals surface area contributed by atoms with Gasteiger partial charge < -0.3 is 19.6 Å². The fourth-order valence-corrected chi connectivity index (χ4v) is 6.23. The number of nitrogens with zero attached hydrogens (tertiary/aromatic N) is 6. The molecule has 0 aromatic carbocycles. The van der Waals surface area contributed by atoms with E-state index in [1.54, 1.807) is 0 Å². The Labute approximate surface area is 190 Å². The first-order chi connectivity index (χ1) is 14.9. The Hall–Kier alpha value is -1.76. The molecule has 4 unspecified atom stereocenters. The molecule has 3 aliphatic rings. The van der Waals surface area contributed by atoms with Crippen LogP contribution in [-0.4, -0.2) is 85.0 Å². The van der Waals surface area contributed by atoms with Gasteiger partial charge in [0.2, 0.25) is 0 Å². The van der Waals surface area contributed by atoms with Crippen LogP contribution in [0.4, 0.5) is 0 Å². The molecular formula is C25H42N6. The Kier molecular flexibility index (Phi) is 8.64. The SMILES string of the molecule is CC1CC(C)CN(CCCN2CCN(CCN3CC(C)CC(C)C3)C2=C(C#N)C#N)C1. The maximum absolute atomic E-state index is 9.59. The van der Waals surface area contributed by atoms with Gasteiger partial charge in [-0.25, -0.2) is 0 Å². The summed E-state index contributed by atoms with van der Waals surface area (Å²) >= 11 is 0. The first kappa shape index (κ1) is 23.9. The average Bonchev–Trinajstić information content (AvgIpc) is 3.09. The lowest BCUT2D eigenvalue weighted by atomic mass is 9.92. The molecule has 31 heavy (non-hydrogen) atoms. The van der Waals surface area contributed by atoms with Crippen LogP contribution in [0.2, 0.25) is 0 Å². The third-order valence-corrected chi connectivity index (χ3v) is 7.16. The molecule has 3 saturated heterocycles. The second kappa shape index (κ2) is 11.2. The summed E-state index contributed by atoms with van der Waals surface area (Å²) in [6.45, 7) is 19.9. The molecule has 0 aliphatic carbocycles. The van der Waals surface area contributed by atoms with Crippen molar-refractivity contribution >= 4 is 0 Å². The van der Waals surface area contributed by atoms with Crippen molar-refractivity contribution in [1.29, 1.82) is 10.5 Å². The van der Waals surface area contributed by atoms with Gasteiger partial charge in [-0.2, -0.15) is 10.5 Å². The fraction of sp³-hybridized carbons (Fsp3) is 0.840. The molecule has 6 nitrogen and oxygen atoms in total. The summed E-state index contributed by atoms with van der Waals surface area (Å²) in [4.78, 5) is 9.75. The highest BCUT2D eigenvalue weighted by Crippen LogP contribution is 2.25. The van der Waals surface area contributed by atoms with Crippen LogP contribution in [0.3, 0.4) is 0 Å². The molecule has 0 aromatic rings. The normalized spacial score (nSPS) is 30.3. The largest absolute Gasteiger partial charge is 0.355 e. The highest BCUT2D eigenvalue weighted by molar-refractivity contribution is 5.40. The lowest BCUT2D eigenvalue weighted by Crippen LogP contribution is -2.42. The van der Waals surface area contributed by atoms with Gasteiger partial charge in [-0.1, -0.05) is 27.7 Å². The van der Waals surface area contributed by atoms with Gasteiger partial charge in [0, 0.05) is 58.9 Å². The standard InChI is InChI=1S/C25H42N6/c1-20-12-21(2)17-28(16-20)6-5-7-30-10-11-31(25(30)24(14-26)15-27)9-8-29-18-22(3)13-23(4)19-29/h20-23H,5-13,16-19H2,1-4H3. The van der Waals surface area contributed by atoms with Crippen LogP contribution >= 0.6 is 0 Å². The molecule has 0 bridgehead atoms. The summed E-state index contributed by atoms with van der Waals surface area (Å²) in [7, 11) is 0. The monoisotopic (exact) mass is 426 g/mol. The van der Waals surface area contributed by atoms with Gasteiger partial charge in [0.15, 0.2) is 5.57 Å². The van der Waals surface area contributed by atoms with E-state index in [-0.39, 0.29) is 5.57 Å². The summed E-state index contributed by atoms with van der Waals surface area (Å²) in [5.41, 5.74) is 0.276. The van der Waals surface area contributed by atoms with Crippen LogP contribution in [0.25, 0.3) is 0 Å². The van der Waals surface area contributed by atoms with Crippen molar-refractivity contribution in [3.05, 3.63) is 11.4 Å². The Bertz CT molecular complexity index is 668. The number of allylic oxidation sites excluding steroid dienone is 1. The van der Waals surface area contributed by atoms with E-state index >= 15 is 0 Å². The van der Waals surface area contributed by atoms with Crippen molar-refractivity contribution in [2.75, 3.05) is 65.4 Å². The number of rotatable bonds is 7. The molecule has 0 N–H and O–H groups in total. The van der Waals surface area contributed by atoms with Crippen LogP contribution in [0.5, 0.6) is 0 Å². The molecule has 0 amide bonds. The molecule has 3 aliphatic heterocycles. The highest BCUT2D eigenvalue weighted by Gasteiger charge is 2.30. The number of nitriles is 2. The molecule has 172 valence electrons. The van der Waals surface area contributed by atoms with Gasteiger partial charge in [-0.3, -0.25) is 0 Å². The Balaban J connectivity index is 1.55. The van der Waals surface area contributed by atoms with Crippen LogP contribution in [-0.2, 0) is 0 Å². The number of hydrogen-bond acceptors (Lipinski definition) is 6. The van der Waals surface area contributed by atoms with E-state index in [4.69, 9.17) is 0 Å². The zero-order valence-corrected chi connectivity index (χ0v) is 20.2. The van der Waals surface area contributed by atoms with E-state index in [0.717, 1.165) is 88.3 Å². The minimum Gasteiger partial charge on any atom is -0.355 e. The maximum atomic E-state index is 9.59. The van der Waals surface area contributed by atoms with E-state index in [1.165, 1.54) is 25.9 Å². The zero-order chi connectivity index (χ0) is 22.4. The summed E-state index contributed by atoms with van der Waals surface area (Å²) in [5, 5.41) is 19.2. The van der Waals surface area contributed by atoms with Crippen LogP contribution < -0.4 is 0 Å². The van der Waals surface area contributed by atoms with E-state index in [9.17, 15) is 10.5 Å². The summed E-state index contributed by atoms with van der Waals surface area (Å²) in [5.74, 6) is 3.95. The van der Waals surface area contributed by atoms with Crippen LogP contribution in [0, 0.1) is 46.3 Å². The second-order valence-electron chi connectivity index (χ2n) is 10.7. The number of likely N-dealkylation sites (tertiary alicyclic amines) is 2. The van der Waals surface area contributed by atoms with Gasteiger partial charge in [-0.15, -0.1) is 0 Å². The van der Waals surface area contributed by atoms with E-state index in [1.807, 2.05) is 0 Å². The smallest absolute Gasteiger partial charge is 0.169 e. The number of piperidine rings is 2. The third kappa shape index (κ3) is 6.61. The predicted octanol–water partition coefficient (Wildman–Crippen LogP) is 3.21. The van der Waals surface area contributed by atoms with Gasteiger partial charge in [0.1, 0.15) is 18.0 Å². The molecule has 3 fully saturated rings. The van der Waals surface area contributed by atoms with Crippen molar-refractivity contribution < 1.29 is 0 Å². The molecule has 0 saturated carbocycles. The van der Waals surface area contributed by atoms with Gasteiger partial charge in [0.05, 0.1) is 0 Å². The van der Waals surface area contributed by atoms with Gasteiger partial charge in [0.25, 0.3) is 0 Å². The average molecular weight is 427 g/mol. The molecule has 0 spiro atoms. The molecular weight excluding hydrogens is 384 g/mol. The maximum Gasteiger partial charge on any atom is 0.169 e. The van der Waals surface area contributed by atoms with Crippen molar-refractivity contribution in [2.24, 2.45) is 23.7 Å². The third-order valence-electron chi connectivity index (χ3n) is 7.16. The Morgan fingerprint density at radius 1 is 0.710 bits per heavy atom. The minimum atomic E-state index is 0.276. The topological polar surface area (TPSA) is 60.5 Å². The minimum absolute atomic E-state index is 0.276. The summed E-state index contributed by atoms with van der Waals surface area (Å²) in [6, 6.07) is 4.34. The van der Waals surface area contributed by atoms with Crippen molar-refractivity contribution in [1.82, 2.24) is 19.6 Å². The first-order valence-corrected chi connectivity index (χ1v) is 12.4. The number of hydrogen-bond donors (Lipinski definition) is 0. The lowest BCUT2D eigenvalue weighted by molar-refractivity contribution is 0.129. The molecule has 3 heterocycles. The predicted molar refractivity (Wildman–Crippen MR) is 125 cm³/mol. The molecule has 0 radical (unpaired) electrons. The molecule has 4 atom stereocenters. The Morgan fingerprint density at radius 3 is 1.65 bits per heavy atom. The van der Waals surface area contributed by atoms with Gasteiger partial charge >= 0.3 is 0 Å². The lowest BCUT2D eigenvalue weighted by Gasteiger charge is -2.36. The fourth-order valence-electron chi connectivity index (χ4n) is 6.23. The summed E-state index contributed by atoms with van der Waals surface area (Å²) < 4.78 is 0. The van der Waals surface area contributed by atoms with E-state index in [0.29, 0.717) is 0 Å². The Morgan fingerprint density at radius 2 is 1.16 bits per heavy atom. The first-order valence-electron chi connectivity index (χ1n) is 12.4. The van der Waals surface area contributed by atoms with Crippen molar-refractivity contribution in [3.63, 3.8) is 0 Å². The molecule has 3 rings (SSSR count). The van der Waals surface area contributed by atoms with Gasteiger partial charge in [-0.05, 0) is 49.5 Å². The van der Waals surface area contributed by atoms with E-state index < -0.39 is 0 Å². The summed E-state index contributed by atoms with van der Waals surface area (Å²) in [6.07, 6.45) is 3.75. The van der Waals surface area contributed by atoms with Crippen LogP contribution in [0.1, 0.15) is 47.0 Å². The molecule has 0 aromatic heterocycles. The highest BCUT2D eigenvalue weighted by atomic mass is 15.4. The molecule has 6 heteroatoms. The van der Waals surface area contributed by atoms with Crippen molar-refractivity contribution in [2.45, 2.75) is 47.0 Å².